The smallest absolute Gasteiger partial charge is 0.119 e. The molecule has 0 heterocycles. The summed E-state index contributed by atoms with van der Waals surface area (Å²) in [5.74, 6) is 13.6. The average Bonchev–Trinajstić information content (AvgIpc) is 0.908. The lowest BCUT2D eigenvalue weighted by Crippen LogP contribution is -2.20. The molecule has 5 saturated carbocycles. The van der Waals surface area contributed by atoms with E-state index in [-0.39, 0.29) is 23.5 Å². The van der Waals surface area contributed by atoms with Gasteiger partial charge in [-0.15, -0.1) is 63.1 Å². The fourth-order valence-electron chi connectivity index (χ4n) is 18.3. The molecule has 15 heteroatoms. The third-order valence-corrected chi connectivity index (χ3v) is 27.8. The molecule has 5 aromatic carbocycles. The number of hydrogen-bond acceptors (Lipinski definition) is 10. The first-order chi connectivity index (χ1) is 56.4. The van der Waals surface area contributed by atoms with E-state index in [2.05, 4.69) is 97.8 Å². The van der Waals surface area contributed by atoms with Gasteiger partial charge in [-0.25, -0.2) is 0 Å². The van der Waals surface area contributed by atoms with Gasteiger partial charge in [-0.1, -0.05) is 324 Å². The van der Waals surface area contributed by atoms with Gasteiger partial charge in [-0.05, 0) is 245 Å². The minimum absolute atomic E-state index is 0. The number of unbranched alkanes of at least 4 members (excludes halogenated alkanes) is 25. The third kappa shape index (κ3) is 56.6. The molecule has 5 aliphatic rings. The summed E-state index contributed by atoms with van der Waals surface area (Å²) in [7, 11) is 0. The molecule has 5 fully saturated rings. The van der Waals surface area contributed by atoms with E-state index in [0.29, 0.717) is 0 Å². The van der Waals surface area contributed by atoms with Crippen molar-refractivity contribution in [1.82, 2.24) is 0 Å². The molecule has 0 bridgehead atoms. The maximum atomic E-state index is 5.94. The van der Waals surface area contributed by atoms with Gasteiger partial charge in [-0.3, -0.25) is 23.5 Å². The minimum Gasteiger partial charge on any atom is -0.493 e. The fourth-order valence-corrected chi connectivity index (χ4v) is 19.0. The summed E-state index contributed by atoms with van der Waals surface area (Å²) in [6.45, 7) is 15.9. The summed E-state index contributed by atoms with van der Waals surface area (Å²) < 4.78 is 29.7. The molecule has 0 unspecified atom stereocenters. The summed E-state index contributed by atoms with van der Waals surface area (Å²) >= 11 is 21.5. The van der Waals surface area contributed by atoms with Crippen LogP contribution in [0.3, 0.4) is 0 Å². The summed E-state index contributed by atoms with van der Waals surface area (Å²) in [4.78, 5) is 4.97. The van der Waals surface area contributed by atoms with Crippen molar-refractivity contribution in [3.63, 3.8) is 0 Å². The van der Waals surface area contributed by atoms with Gasteiger partial charge in [0.05, 0.1) is 33.0 Å². The molecule has 690 valence electrons. The number of thiol groups is 5. The first kappa shape index (κ1) is 115. The zero-order chi connectivity index (χ0) is 81.7. The highest BCUT2D eigenvalue weighted by atomic mass is 32.1. The van der Waals surface area contributed by atoms with E-state index in [4.69, 9.17) is 23.7 Å². The predicted molar refractivity (Wildman–Crippen MR) is 526 cm³/mol. The normalized spacial score (nSPS) is 20.4. The van der Waals surface area contributed by atoms with Gasteiger partial charge in [0.15, 0.2) is 0 Å². The van der Waals surface area contributed by atoms with Crippen molar-refractivity contribution in [2.45, 2.75) is 412 Å². The lowest BCUT2D eigenvalue weighted by Gasteiger charge is -2.28. The molecule has 0 saturated heterocycles. The van der Waals surface area contributed by atoms with Gasteiger partial charge in [0.25, 0.3) is 0 Å². The van der Waals surface area contributed by atoms with E-state index >= 15 is 0 Å². The Kier molecular flexibility index (Phi) is 72.2. The van der Waals surface area contributed by atoms with Crippen LogP contribution in [0.25, 0.3) is 0 Å². The quantitative estimate of drug-likeness (QED) is 0.0153. The molecule has 0 aromatic heterocycles. The number of rotatable bonds is 50. The average molecular weight is 1770 g/mol. The molecule has 0 spiro atoms. The van der Waals surface area contributed by atoms with Crippen LogP contribution in [-0.2, 0) is 0 Å². The Bertz CT molecular complexity index is 2530. The van der Waals surface area contributed by atoms with Crippen LogP contribution in [0.5, 0.6) is 28.7 Å². The summed E-state index contributed by atoms with van der Waals surface area (Å²) in [5.41, 5.74) is 0. The molecule has 5 aliphatic carbocycles. The Morgan fingerprint density at radius 2 is 0.292 bits per heavy atom. The highest BCUT2D eigenvalue weighted by molar-refractivity contribution is 7.81. The van der Waals surface area contributed by atoms with E-state index in [1.165, 1.54) is 353 Å². The summed E-state index contributed by atoms with van der Waals surface area (Å²) in [6, 6.07) is 40.2. The second-order valence-electron chi connectivity index (χ2n) is 36.2. The first-order valence-electron chi connectivity index (χ1n) is 48.5. The van der Waals surface area contributed by atoms with Crippen LogP contribution in [0, 0.1) is 59.2 Å². The number of halogens is 5. The van der Waals surface area contributed by atoms with Crippen LogP contribution in [0.1, 0.15) is 388 Å². The SMILES string of the molecule is CCCCCCCCC1CCC(COc2ccc(S)cc2)CC1.CCCCCCCCC1CCC(COc2ccc(S)cc2)CC1.CCCCCCCCC1CCC(COc2ccc(S)cc2)CC1.CCCCCCCCC1CCC(COc2ccc(S)cc2)CC1.CCCCCCCCC1CCC(COc2ccc(S)cc2)CC1.F.F.F.F.F. The molecular weight excluding hydrogens is 1600 g/mol. The molecule has 0 N–H and O–H groups in total. The second-order valence-corrected chi connectivity index (χ2v) is 38.8. The lowest BCUT2D eigenvalue weighted by molar-refractivity contribution is 0.177. The maximum Gasteiger partial charge on any atom is 0.119 e. The summed E-state index contributed by atoms with van der Waals surface area (Å²) in [5, 5.41) is 0. The van der Waals surface area contributed by atoms with Gasteiger partial charge in [0.1, 0.15) is 28.7 Å². The van der Waals surface area contributed by atoms with Crippen molar-refractivity contribution >= 4 is 63.1 Å². The molecule has 0 aliphatic heterocycles. The highest BCUT2D eigenvalue weighted by Crippen LogP contribution is 2.39. The van der Waals surface area contributed by atoms with Crippen LogP contribution in [0.2, 0.25) is 0 Å². The van der Waals surface area contributed by atoms with Gasteiger partial charge >= 0.3 is 0 Å². The Hall–Kier alpha value is -3.50. The minimum atomic E-state index is 0. The molecule has 0 radical (unpaired) electrons. The lowest BCUT2D eigenvalue weighted by atomic mass is 9.80. The second kappa shape index (κ2) is 75.6. The summed E-state index contributed by atoms with van der Waals surface area (Å²) in [6.07, 6.45) is 77.8. The van der Waals surface area contributed by atoms with Crippen LogP contribution < -0.4 is 23.7 Å². The van der Waals surface area contributed by atoms with E-state index in [1.807, 2.05) is 121 Å². The van der Waals surface area contributed by atoms with Crippen molar-refractivity contribution in [1.29, 1.82) is 0 Å². The van der Waals surface area contributed by atoms with E-state index in [9.17, 15) is 0 Å². The van der Waals surface area contributed by atoms with Crippen molar-refractivity contribution in [2.24, 2.45) is 59.2 Å². The monoisotopic (exact) mass is 1770 g/mol. The van der Waals surface area contributed by atoms with E-state index < -0.39 is 0 Å². The van der Waals surface area contributed by atoms with Gasteiger partial charge < -0.3 is 23.7 Å². The third-order valence-electron chi connectivity index (χ3n) is 26.3. The molecule has 120 heavy (non-hydrogen) atoms. The Morgan fingerprint density at radius 1 is 0.175 bits per heavy atom. The molecule has 0 amide bonds. The zero-order valence-electron chi connectivity index (χ0n) is 76.1. The predicted octanol–water partition coefficient (Wildman–Crippen LogP) is 35.3. The van der Waals surface area contributed by atoms with Crippen LogP contribution in [-0.4, -0.2) is 33.0 Å². The van der Waals surface area contributed by atoms with Crippen LogP contribution >= 0.6 is 63.1 Å². The highest BCUT2D eigenvalue weighted by Gasteiger charge is 2.26. The van der Waals surface area contributed by atoms with Crippen LogP contribution in [0.4, 0.5) is 23.5 Å². The van der Waals surface area contributed by atoms with Crippen molar-refractivity contribution < 1.29 is 47.2 Å². The number of benzene rings is 5. The molecular formula is C105H175F5O5S5. The topological polar surface area (TPSA) is 46.2 Å². The molecule has 10 rings (SSSR count). The number of hydrogen-bond donors (Lipinski definition) is 5. The Morgan fingerprint density at radius 3 is 0.425 bits per heavy atom. The molecule has 0 atom stereocenters. The van der Waals surface area contributed by atoms with Crippen molar-refractivity contribution in [3.8, 4) is 28.7 Å². The zero-order valence-corrected chi connectivity index (χ0v) is 80.5. The molecule has 5 nitrogen and oxygen atoms in total. The van der Waals surface area contributed by atoms with Gasteiger partial charge in [-0.2, -0.15) is 0 Å². The number of ether oxygens (including phenoxy) is 5. The maximum absolute atomic E-state index is 5.94. The fraction of sp³-hybridized carbons (Fsp3) is 0.714. The Balaban J connectivity index is 0.000000742. The van der Waals surface area contributed by atoms with E-state index in [0.717, 1.165) is 145 Å². The van der Waals surface area contributed by atoms with Gasteiger partial charge in [0, 0.05) is 24.5 Å². The van der Waals surface area contributed by atoms with Gasteiger partial charge in [0.2, 0.25) is 0 Å². The Labute approximate surface area is 759 Å². The standard InChI is InChI=1S/5C21H34OS.5FH/c5*1-2-3-4-5-6-7-8-18-9-11-19(12-10-18)17-22-20-13-15-21(23)16-14-20;;;;;/h5*13-16,18-19,23H,2-12,17H2,1H3;5*1H. The van der Waals surface area contributed by atoms with Crippen LogP contribution in [0.15, 0.2) is 146 Å². The van der Waals surface area contributed by atoms with Crippen molar-refractivity contribution in [3.05, 3.63) is 121 Å². The molecule has 5 aromatic rings. The van der Waals surface area contributed by atoms with E-state index in [1.54, 1.807) is 0 Å². The first-order valence-corrected chi connectivity index (χ1v) is 50.7. The van der Waals surface area contributed by atoms with Crippen molar-refractivity contribution in [2.75, 3.05) is 33.0 Å². The largest absolute Gasteiger partial charge is 0.493 e.